The van der Waals surface area contributed by atoms with Gasteiger partial charge in [0.25, 0.3) is 0 Å². The first-order chi connectivity index (χ1) is 18.1. The molecule has 3 amide bonds. The lowest BCUT2D eigenvalue weighted by atomic mass is 9.87. The fourth-order valence-electron chi connectivity index (χ4n) is 4.46. The van der Waals surface area contributed by atoms with E-state index in [1.807, 2.05) is 65.0 Å². The number of hydrogen-bond acceptors (Lipinski definition) is 6. The summed E-state index contributed by atoms with van der Waals surface area (Å²) in [4.78, 5) is 54.0. The van der Waals surface area contributed by atoms with Gasteiger partial charge < -0.3 is 20.1 Å². The Morgan fingerprint density at radius 3 is 2.18 bits per heavy atom. The minimum absolute atomic E-state index is 0.106. The monoisotopic (exact) mass is 545 g/mol. The zero-order chi connectivity index (χ0) is 29.4. The van der Waals surface area contributed by atoms with Crippen molar-refractivity contribution in [2.24, 2.45) is 11.3 Å². The molecular weight excluding hydrogens is 498 g/mol. The molecule has 1 aromatic carbocycles. The lowest BCUT2D eigenvalue weighted by Crippen LogP contribution is -2.56. The average Bonchev–Trinajstić information content (AvgIpc) is 3.30. The predicted octanol–water partition coefficient (Wildman–Crippen LogP) is 4.58. The van der Waals surface area contributed by atoms with Crippen LogP contribution in [0.5, 0.6) is 0 Å². The molecule has 1 saturated heterocycles. The highest BCUT2D eigenvalue weighted by molar-refractivity contribution is 5.93. The normalized spacial score (nSPS) is 17.4. The molecule has 1 heterocycles. The first-order valence-corrected chi connectivity index (χ1v) is 13.9. The molecule has 0 aromatic heterocycles. The zero-order valence-electron chi connectivity index (χ0n) is 24.8. The number of nitrogens with zero attached hydrogens (tertiary/aromatic N) is 1. The molecule has 218 valence electrons. The van der Waals surface area contributed by atoms with Crippen molar-refractivity contribution in [3.63, 3.8) is 0 Å². The second kappa shape index (κ2) is 13.8. The Morgan fingerprint density at radius 1 is 0.974 bits per heavy atom. The van der Waals surface area contributed by atoms with Crippen molar-refractivity contribution in [2.45, 2.75) is 111 Å². The van der Waals surface area contributed by atoms with Gasteiger partial charge >= 0.3 is 12.1 Å². The third kappa shape index (κ3) is 11.3. The summed E-state index contributed by atoms with van der Waals surface area (Å²) >= 11 is 0. The van der Waals surface area contributed by atoms with E-state index in [4.69, 9.17) is 9.47 Å². The summed E-state index contributed by atoms with van der Waals surface area (Å²) in [5.41, 5.74) is -0.128. The van der Waals surface area contributed by atoms with E-state index in [2.05, 4.69) is 10.6 Å². The van der Waals surface area contributed by atoms with E-state index in [1.54, 1.807) is 20.8 Å². The fourth-order valence-corrected chi connectivity index (χ4v) is 4.46. The number of esters is 1. The van der Waals surface area contributed by atoms with Crippen molar-refractivity contribution >= 4 is 23.9 Å². The molecular formula is C30H47N3O6. The molecule has 2 N–H and O–H groups in total. The molecule has 2 rings (SSSR count). The lowest BCUT2D eigenvalue weighted by Gasteiger charge is -2.31. The number of carbonyl (C=O) groups is 4. The first kappa shape index (κ1) is 32.1. The van der Waals surface area contributed by atoms with Crippen LogP contribution in [0.15, 0.2) is 30.3 Å². The second-order valence-corrected chi connectivity index (χ2v) is 12.9. The van der Waals surface area contributed by atoms with Gasteiger partial charge in [-0.05, 0) is 63.4 Å². The van der Waals surface area contributed by atoms with Crippen LogP contribution in [0.1, 0.15) is 86.6 Å². The molecule has 0 spiro atoms. The van der Waals surface area contributed by atoms with Crippen molar-refractivity contribution in [3.8, 4) is 0 Å². The van der Waals surface area contributed by atoms with Crippen molar-refractivity contribution < 1.29 is 28.7 Å². The topological polar surface area (TPSA) is 114 Å². The third-order valence-electron chi connectivity index (χ3n) is 6.16. The number of ether oxygens (including phenoxy) is 2. The number of benzene rings is 1. The van der Waals surface area contributed by atoms with Crippen LogP contribution >= 0.6 is 0 Å². The third-order valence-corrected chi connectivity index (χ3v) is 6.16. The summed E-state index contributed by atoms with van der Waals surface area (Å²) in [5, 5.41) is 5.70. The minimum atomic E-state index is -0.893. The van der Waals surface area contributed by atoms with E-state index >= 15 is 0 Å². The summed E-state index contributed by atoms with van der Waals surface area (Å²) in [6.07, 6.45) is 1.34. The van der Waals surface area contributed by atoms with Crippen molar-refractivity contribution in [1.82, 2.24) is 15.5 Å². The molecule has 9 heteroatoms. The van der Waals surface area contributed by atoms with Crippen LogP contribution in [0, 0.1) is 11.3 Å². The van der Waals surface area contributed by atoms with Crippen LogP contribution in [0.3, 0.4) is 0 Å². The van der Waals surface area contributed by atoms with Gasteiger partial charge in [-0.15, -0.1) is 0 Å². The number of nitrogens with one attached hydrogen (secondary N) is 2. The molecule has 0 aliphatic carbocycles. The standard InChI is InChI=1S/C30H47N3O6/c1-20(2)17-22(27(36)38-19-21-13-10-9-11-14-21)31-25(34)23(18-29(3,4)5)32-26(35)24-15-12-16-33(24)28(37)39-30(6,7)8/h9-11,13-14,20,22-24H,12,15-19H2,1-8H3,(H,31,34)(H,32,35)/t22-,23+,24-/m0/s1. The van der Waals surface area contributed by atoms with Crippen molar-refractivity contribution in [1.29, 1.82) is 0 Å². The highest BCUT2D eigenvalue weighted by Crippen LogP contribution is 2.24. The van der Waals surface area contributed by atoms with Gasteiger partial charge in [0.15, 0.2) is 0 Å². The molecule has 1 aliphatic rings. The molecule has 0 bridgehead atoms. The van der Waals surface area contributed by atoms with Gasteiger partial charge in [0.2, 0.25) is 11.8 Å². The second-order valence-electron chi connectivity index (χ2n) is 12.9. The highest BCUT2D eigenvalue weighted by Gasteiger charge is 2.39. The van der Waals surface area contributed by atoms with E-state index in [9.17, 15) is 19.2 Å². The number of amides is 3. The molecule has 0 saturated carbocycles. The molecule has 1 aromatic rings. The van der Waals surface area contributed by atoms with Gasteiger partial charge in [-0.3, -0.25) is 14.5 Å². The zero-order valence-corrected chi connectivity index (χ0v) is 24.8. The summed E-state index contributed by atoms with van der Waals surface area (Å²) < 4.78 is 11.0. The molecule has 3 atom stereocenters. The molecule has 1 fully saturated rings. The number of rotatable bonds is 10. The fraction of sp³-hybridized carbons (Fsp3) is 0.667. The SMILES string of the molecule is CC(C)C[C@H](NC(=O)[C@@H](CC(C)(C)C)NC(=O)[C@@H]1CCCN1C(=O)OC(C)(C)C)C(=O)OCc1ccccc1. The Bertz CT molecular complexity index is 981. The maximum Gasteiger partial charge on any atom is 0.410 e. The Kier molecular flexibility index (Phi) is 11.4. The maximum absolute atomic E-state index is 13.5. The maximum atomic E-state index is 13.5. The largest absolute Gasteiger partial charge is 0.459 e. The number of hydrogen-bond donors (Lipinski definition) is 2. The van der Waals surface area contributed by atoms with Crippen molar-refractivity contribution in [2.75, 3.05) is 6.54 Å². The Balaban J connectivity index is 2.14. The Labute approximate surface area is 233 Å². The van der Waals surface area contributed by atoms with Gasteiger partial charge in [-0.25, -0.2) is 9.59 Å². The first-order valence-electron chi connectivity index (χ1n) is 13.9. The van der Waals surface area contributed by atoms with E-state index in [-0.39, 0.29) is 17.9 Å². The van der Waals surface area contributed by atoms with E-state index < -0.39 is 47.6 Å². The van der Waals surface area contributed by atoms with Crippen LogP contribution in [0.4, 0.5) is 4.79 Å². The number of carbonyl (C=O) groups excluding carboxylic acids is 4. The summed E-state index contributed by atoms with van der Waals surface area (Å²) in [5.74, 6) is -1.26. The van der Waals surface area contributed by atoms with Crippen LogP contribution in [-0.2, 0) is 30.5 Å². The van der Waals surface area contributed by atoms with Gasteiger partial charge in [0.1, 0.15) is 30.3 Å². The Morgan fingerprint density at radius 2 is 1.62 bits per heavy atom. The minimum Gasteiger partial charge on any atom is -0.459 e. The predicted molar refractivity (Wildman–Crippen MR) is 150 cm³/mol. The van der Waals surface area contributed by atoms with Crippen molar-refractivity contribution in [3.05, 3.63) is 35.9 Å². The van der Waals surface area contributed by atoms with E-state index in [0.29, 0.717) is 32.2 Å². The molecule has 9 nitrogen and oxygen atoms in total. The van der Waals surface area contributed by atoms with Gasteiger partial charge in [-0.1, -0.05) is 65.0 Å². The highest BCUT2D eigenvalue weighted by atomic mass is 16.6. The lowest BCUT2D eigenvalue weighted by molar-refractivity contribution is -0.150. The van der Waals surface area contributed by atoms with Gasteiger partial charge in [-0.2, -0.15) is 0 Å². The quantitative estimate of drug-likeness (QED) is 0.416. The average molecular weight is 546 g/mol. The smallest absolute Gasteiger partial charge is 0.410 e. The molecule has 39 heavy (non-hydrogen) atoms. The van der Waals surface area contributed by atoms with E-state index in [0.717, 1.165) is 5.56 Å². The van der Waals surface area contributed by atoms with Crippen LogP contribution < -0.4 is 10.6 Å². The van der Waals surface area contributed by atoms with Gasteiger partial charge in [0, 0.05) is 6.54 Å². The molecule has 0 unspecified atom stereocenters. The van der Waals surface area contributed by atoms with Crippen LogP contribution in [-0.4, -0.2) is 59.0 Å². The van der Waals surface area contributed by atoms with Crippen LogP contribution in [0.25, 0.3) is 0 Å². The summed E-state index contributed by atoms with van der Waals surface area (Å²) in [6, 6.07) is 6.87. The summed E-state index contributed by atoms with van der Waals surface area (Å²) in [7, 11) is 0. The van der Waals surface area contributed by atoms with Crippen LogP contribution in [0.2, 0.25) is 0 Å². The Hall–Kier alpha value is -3.10. The molecule has 1 aliphatic heterocycles. The summed E-state index contributed by atoms with van der Waals surface area (Å²) in [6.45, 7) is 15.7. The molecule has 0 radical (unpaired) electrons. The van der Waals surface area contributed by atoms with E-state index in [1.165, 1.54) is 4.90 Å². The number of likely N-dealkylation sites (tertiary alicyclic amines) is 1. The van der Waals surface area contributed by atoms with Gasteiger partial charge in [0.05, 0.1) is 0 Å².